The van der Waals surface area contributed by atoms with Crippen LogP contribution in [-0.4, -0.2) is 84.0 Å². The Labute approximate surface area is 431 Å². The van der Waals surface area contributed by atoms with Gasteiger partial charge in [-0.2, -0.15) is 0 Å². The van der Waals surface area contributed by atoms with Gasteiger partial charge in [0.25, 0.3) is 0 Å². The summed E-state index contributed by atoms with van der Waals surface area (Å²) in [7, 11) is -29.3. The van der Waals surface area contributed by atoms with E-state index in [0.717, 1.165) is 154 Å². The molecule has 21 heteroatoms. The molecule has 4 heterocycles. The highest BCUT2D eigenvalue weighted by Gasteiger charge is 2.82. The minimum atomic E-state index is -4.11. The Morgan fingerprint density at radius 2 is 0.686 bits per heavy atom. The number of rotatable bonds is 12. The molecule has 0 aromatic carbocycles. The fourth-order valence-corrected chi connectivity index (χ4v) is 66.4. The molecule has 0 spiro atoms. The van der Waals surface area contributed by atoms with Crippen molar-refractivity contribution < 1.29 is 54.8 Å². The van der Waals surface area contributed by atoms with Gasteiger partial charge in [-0.05, 0) is 114 Å². The van der Waals surface area contributed by atoms with Gasteiger partial charge in [-0.3, -0.25) is 0 Å². The molecule has 6 bridgehead atoms. The van der Waals surface area contributed by atoms with Crippen molar-refractivity contribution in [2.24, 2.45) is 0 Å². The molecule has 13 nitrogen and oxygen atoms in total. The van der Waals surface area contributed by atoms with Crippen LogP contribution in [0.25, 0.3) is 0 Å². The van der Waals surface area contributed by atoms with Gasteiger partial charge >= 0.3 is 77.4 Å². The fourth-order valence-electron chi connectivity index (χ4n) is 15.0. The average Bonchev–Trinajstić information content (AvgIpc) is 3.39. The average molecular weight is 1110 g/mol. The Balaban J connectivity index is 1.18. The highest BCUT2D eigenvalue weighted by molar-refractivity contribution is 7.00. The van der Waals surface area contributed by atoms with Crippen molar-refractivity contribution in [3.63, 3.8) is 0 Å². The largest absolute Gasteiger partial charge is 0.482 e. The van der Waals surface area contributed by atoms with E-state index in [4.69, 9.17) is 50.0 Å². The number of carbonyl (C=O) groups is 1. The van der Waals surface area contributed by atoms with Gasteiger partial charge in [-0.25, -0.2) is 4.79 Å². The lowest BCUT2D eigenvalue weighted by molar-refractivity contribution is -0.139. The summed E-state index contributed by atoms with van der Waals surface area (Å²) in [6.07, 6.45) is 38.9. The lowest BCUT2D eigenvalue weighted by atomic mass is 10.0. The molecular formula is C49H90O13Si8. The highest BCUT2D eigenvalue weighted by atomic mass is 28.6. The van der Waals surface area contributed by atoms with Crippen LogP contribution in [-0.2, 0) is 54.8 Å². The summed E-state index contributed by atoms with van der Waals surface area (Å²) in [5.74, 6) is -0.382. The van der Waals surface area contributed by atoms with Crippen molar-refractivity contribution in [2.75, 3.05) is 6.61 Å². The molecule has 7 aliphatic carbocycles. The molecular weight excluding hydrogens is 1020 g/mol. The maximum atomic E-state index is 13.0. The van der Waals surface area contributed by atoms with E-state index in [1.807, 2.05) is 0 Å². The molecule has 11 fully saturated rings. The summed E-state index contributed by atoms with van der Waals surface area (Å²) in [6, 6.07) is 0.403. The van der Waals surface area contributed by atoms with Gasteiger partial charge in [-0.1, -0.05) is 141 Å². The van der Waals surface area contributed by atoms with E-state index in [9.17, 15) is 4.79 Å². The molecule has 0 aromatic rings. The summed E-state index contributed by atoms with van der Waals surface area (Å²) >= 11 is 0. The summed E-state index contributed by atoms with van der Waals surface area (Å²) in [5, 5.41) is 0. The number of carbonyl (C=O) groups excluding carboxylic acids is 1. The number of fused-ring (bicyclic) bond motifs is 4. The SMILES string of the molecule is C=C(C)C(=O)OCCC[Si]12O[Si]3(C4CCCCC4)O[SiH](C4CCCCC4)O[Si](C4CCCCC4)(O1)O[Si]1(C4CCCCC4)O[SiH](C4CCCCC4)O[Si](C4CCCCC4)(O3)O[Si](C3CCCCC3)(O2)O1. The number of hydrogen-bond donors (Lipinski definition) is 0. The molecule has 11 rings (SSSR count). The van der Waals surface area contributed by atoms with E-state index in [0.29, 0.717) is 23.6 Å². The third-order valence-electron chi connectivity index (χ3n) is 19.0. The van der Waals surface area contributed by atoms with E-state index < -0.39 is 71.4 Å². The quantitative estimate of drug-likeness (QED) is 0.0797. The lowest BCUT2D eigenvalue weighted by Crippen LogP contribution is -2.85. The highest BCUT2D eigenvalue weighted by Crippen LogP contribution is 2.61. The zero-order valence-electron chi connectivity index (χ0n) is 43.1. The van der Waals surface area contributed by atoms with Crippen molar-refractivity contribution in [1.29, 1.82) is 0 Å². The van der Waals surface area contributed by atoms with E-state index in [1.54, 1.807) is 6.92 Å². The van der Waals surface area contributed by atoms with Crippen LogP contribution in [0.5, 0.6) is 0 Å². The molecule has 4 aliphatic heterocycles. The minimum Gasteiger partial charge on any atom is -0.462 e. The molecule has 0 amide bonds. The van der Waals surface area contributed by atoms with Crippen molar-refractivity contribution in [2.45, 2.75) is 283 Å². The Morgan fingerprint density at radius 3 is 1.01 bits per heavy atom. The molecule has 4 saturated heterocycles. The van der Waals surface area contributed by atoms with Crippen LogP contribution in [0.1, 0.15) is 238 Å². The predicted molar refractivity (Wildman–Crippen MR) is 284 cm³/mol. The third-order valence-corrected chi connectivity index (χ3v) is 55.9. The summed E-state index contributed by atoms with van der Waals surface area (Å²) in [4.78, 5) is 13.0. The number of esters is 1. The van der Waals surface area contributed by atoms with Gasteiger partial charge < -0.3 is 50.0 Å². The predicted octanol–water partition coefficient (Wildman–Crippen LogP) is 13.1. The van der Waals surface area contributed by atoms with Crippen LogP contribution in [0.3, 0.4) is 0 Å². The molecule has 4 atom stereocenters. The summed E-state index contributed by atoms with van der Waals surface area (Å²) in [6.45, 7) is 5.81. The first-order valence-electron chi connectivity index (χ1n) is 29.6. The second kappa shape index (κ2) is 22.8. The molecule has 396 valence electrons. The Kier molecular flexibility index (Phi) is 17.1. The van der Waals surface area contributed by atoms with E-state index in [1.165, 1.54) is 70.6 Å². The minimum absolute atomic E-state index is 0.00151. The molecule has 0 aromatic heterocycles. The van der Waals surface area contributed by atoms with Gasteiger partial charge in [0.05, 0.1) is 6.61 Å². The Morgan fingerprint density at radius 1 is 0.414 bits per heavy atom. The van der Waals surface area contributed by atoms with Crippen molar-refractivity contribution >= 4 is 77.4 Å². The first kappa shape index (κ1) is 52.6. The van der Waals surface area contributed by atoms with Crippen LogP contribution in [0, 0.1) is 0 Å². The van der Waals surface area contributed by atoms with E-state index >= 15 is 0 Å². The van der Waals surface area contributed by atoms with Crippen LogP contribution in [0.15, 0.2) is 12.2 Å². The fraction of sp³-hybridized carbons (Fsp3) is 0.939. The first-order valence-corrected chi connectivity index (χ1v) is 43.8. The van der Waals surface area contributed by atoms with E-state index in [-0.39, 0.29) is 45.8 Å². The lowest BCUT2D eigenvalue weighted by Gasteiger charge is -2.63. The first-order chi connectivity index (χ1) is 34.1. The molecule has 4 unspecified atom stereocenters. The van der Waals surface area contributed by atoms with Crippen LogP contribution < -0.4 is 0 Å². The maximum Gasteiger partial charge on any atom is 0.482 e. The molecule has 7 saturated carbocycles. The van der Waals surface area contributed by atoms with E-state index in [2.05, 4.69) is 6.58 Å². The second-order valence-corrected chi connectivity index (χ2v) is 48.9. The van der Waals surface area contributed by atoms with Gasteiger partial charge in [0.2, 0.25) is 0 Å². The van der Waals surface area contributed by atoms with Crippen LogP contribution in [0.2, 0.25) is 44.8 Å². The van der Waals surface area contributed by atoms with Crippen molar-refractivity contribution in [3.05, 3.63) is 12.2 Å². The summed E-state index contributed by atoms with van der Waals surface area (Å²) in [5.41, 5.74) is 1.21. The summed E-state index contributed by atoms with van der Waals surface area (Å²) < 4.78 is 99.8. The Hall–Kier alpha value is 0.505. The van der Waals surface area contributed by atoms with Gasteiger partial charge in [-0.15, -0.1) is 0 Å². The zero-order valence-corrected chi connectivity index (χ0v) is 51.4. The zero-order chi connectivity index (χ0) is 47.7. The standard InChI is InChI=1S/C49H90O13Si8/c1-41(2)49(50)51-39-24-40-65-56-66(44-29-14-5-15-30-44)52-63(42-25-10-3-11-26-42)53-67(57-65,45-31-16-6-17-32-45)60-69(47-35-20-8-21-36-47)55-64(43-27-12-4-13-28-43)54-68(59-66,46-33-18-7-19-34-46)61-70(58-65,62-69)48-37-22-9-23-38-48/h42-48,63-64H,1,3-40H2,2H3. The van der Waals surface area contributed by atoms with Gasteiger partial charge in [0.1, 0.15) is 0 Å². The molecule has 0 radical (unpaired) electrons. The second-order valence-electron chi connectivity index (χ2n) is 24.1. The maximum absolute atomic E-state index is 13.0. The molecule has 70 heavy (non-hydrogen) atoms. The van der Waals surface area contributed by atoms with Gasteiger partial charge in [0, 0.05) is 39.3 Å². The normalized spacial score (nSPS) is 42.0. The van der Waals surface area contributed by atoms with Crippen molar-refractivity contribution in [1.82, 2.24) is 0 Å². The molecule has 11 aliphatic rings. The van der Waals surface area contributed by atoms with Gasteiger partial charge in [0.15, 0.2) is 0 Å². The number of hydrogen-bond acceptors (Lipinski definition) is 13. The monoisotopic (exact) mass is 1110 g/mol. The van der Waals surface area contributed by atoms with Crippen molar-refractivity contribution in [3.8, 4) is 0 Å². The van der Waals surface area contributed by atoms with Crippen LogP contribution in [0.4, 0.5) is 0 Å². The number of ether oxygens (including phenoxy) is 1. The third kappa shape index (κ3) is 11.0. The topological polar surface area (TPSA) is 128 Å². The smallest absolute Gasteiger partial charge is 0.462 e. The van der Waals surface area contributed by atoms with Crippen LogP contribution >= 0.6 is 0 Å². The Bertz CT molecular complexity index is 1690. The molecule has 0 N–H and O–H groups in total.